The van der Waals surface area contributed by atoms with Crippen molar-refractivity contribution in [2.24, 2.45) is 5.10 Å². The SMILES string of the molecule is O=C(N/N=C\C=C\c1ccco1)c1ccc(O)cc1O. The third-order valence-electron chi connectivity index (χ3n) is 2.36. The molecule has 3 N–H and O–H groups in total. The Morgan fingerprint density at radius 3 is 2.85 bits per heavy atom. The van der Waals surface area contributed by atoms with E-state index in [0.29, 0.717) is 5.76 Å². The van der Waals surface area contributed by atoms with E-state index in [-0.39, 0.29) is 17.1 Å². The summed E-state index contributed by atoms with van der Waals surface area (Å²) in [5.74, 6) is -0.350. The lowest BCUT2D eigenvalue weighted by atomic mass is 10.2. The molecule has 6 heteroatoms. The van der Waals surface area contributed by atoms with Crippen LogP contribution in [0.2, 0.25) is 0 Å². The molecule has 2 rings (SSSR count). The van der Waals surface area contributed by atoms with E-state index < -0.39 is 5.91 Å². The Hall–Kier alpha value is -3.02. The van der Waals surface area contributed by atoms with Crippen molar-refractivity contribution in [3.05, 3.63) is 54.0 Å². The molecule has 0 spiro atoms. The molecule has 6 nitrogen and oxygen atoms in total. The fourth-order valence-corrected chi connectivity index (χ4v) is 1.44. The van der Waals surface area contributed by atoms with Crippen molar-refractivity contribution < 1.29 is 19.4 Å². The second-order valence-electron chi connectivity index (χ2n) is 3.80. The molecule has 0 atom stereocenters. The van der Waals surface area contributed by atoms with Crippen LogP contribution >= 0.6 is 0 Å². The van der Waals surface area contributed by atoms with Crippen LogP contribution in [0.3, 0.4) is 0 Å². The smallest absolute Gasteiger partial charge is 0.275 e. The Morgan fingerprint density at radius 1 is 1.30 bits per heavy atom. The molecular weight excluding hydrogens is 260 g/mol. The van der Waals surface area contributed by atoms with E-state index in [1.807, 2.05) is 0 Å². The Morgan fingerprint density at radius 2 is 2.15 bits per heavy atom. The lowest BCUT2D eigenvalue weighted by Gasteiger charge is -2.02. The van der Waals surface area contributed by atoms with Crippen molar-refractivity contribution in [3.63, 3.8) is 0 Å². The van der Waals surface area contributed by atoms with Crippen molar-refractivity contribution >= 4 is 18.2 Å². The predicted molar refractivity (Wildman–Crippen MR) is 73.5 cm³/mol. The summed E-state index contributed by atoms with van der Waals surface area (Å²) in [6.07, 6.45) is 6.19. The van der Waals surface area contributed by atoms with Gasteiger partial charge in [-0.2, -0.15) is 5.10 Å². The second kappa shape index (κ2) is 6.24. The highest BCUT2D eigenvalue weighted by Gasteiger charge is 2.10. The monoisotopic (exact) mass is 272 g/mol. The van der Waals surface area contributed by atoms with E-state index in [0.717, 1.165) is 6.07 Å². The van der Waals surface area contributed by atoms with E-state index in [2.05, 4.69) is 10.5 Å². The Kier molecular flexibility index (Phi) is 4.18. The van der Waals surface area contributed by atoms with E-state index in [4.69, 9.17) is 9.52 Å². The zero-order valence-electron chi connectivity index (χ0n) is 10.4. The fourth-order valence-electron chi connectivity index (χ4n) is 1.44. The van der Waals surface area contributed by atoms with Crippen LogP contribution in [0.4, 0.5) is 0 Å². The van der Waals surface area contributed by atoms with Gasteiger partial charge in [-0.25, -0.2) is 5.43 Å². The summed E-state index contributed by atoms with van der Waals surface area (Å²) < 4.78 is 5.06. The highest BCUT2D eigenvalue weighted by atomic mass is 16.3. The Labute approximate surface area is 114 Å². The normalized spacial score (nSPS) is 11.2. The molecule has 1 aromatic carbocycles. The van der Waals surface area contributed by atoms with Crippen molar-refractivity contribution in [3.8, 4) is 11.5 Å². The van der Waals surface area contributed by atoms with Crippen LogP contribution in [0.1, 0.15) is 16.1 Å². The Bertz CT molecular complexity index is 645. The van der Waals surface area contributed by atoms with Gasteiger partial charge in [0.2, 0.25) is 0 Å². The van der Waals surface area contributed by atoms with E-state index in [1.165, 1.54) is 18.3 Å². The quantitative estimate of drug-likeness (QED) is 0.587. The third kappa shape index (κ3) is 3.49. The van der Waals surface area contributed by atoms with Gasteiger partial charge in [0.05, 0.1) is 11.8 Å². The standard InChI is InChI=1S/C14H12N2O4/c17-10-5-6-12(13(18)9-10)14(19)16-15-7-1-3-11-4-2-8-20-11/h1-9,17-18H,(H,16,19)/b3-1+,15-7-. The number of benzene rings is 1. The van der Waals surface area contributed by atoms with Gasteiger partial charge >= 0.3 is 0 Å². The molecule has 0 bridgehead atoms. The molecule has 0 aliphatic heterocycles. The van der Waals surface area contributed by atoms with Crippen molar-refractivity contribution in [1.29, 1.82) is 0 Å². The molecule has 0 fully saturated rings. The minimum atomic E-state index is -0.579. The number of carbonyl (C=O) groups excluding carboxylic acids is 1. The molecule has 0 unspecified atom stereocenters. The number of hydrazone groups is 1. The number of hydrogen-bond acceptors (Lipinski definition) is 5. The molecule has 0 radical (unpaired) electrons. The number of amides is 1. The van der Waals surface area contributed by atoms with Crippen molar-refractivity contribution in [1.82, 2.24) is 5.43 Å². The van der Waals surface area contributed by atoms with Gasteiger partial charge in [0.1, 0.15) is 17.3 Å². The third-order valence-corrected chi connectivity index (χ3v) is 2.36. The molecule has 0 saturated carbocycles. The number of furan rings is 1. The van der Waals surface area contributed by atoms with Crippen LogP contribution in [0.15, 0.2) is 52.2 Å². The van der Waals surface area contributed by atoms with Gasteiger partial charge in [-0.15, -0.1) is 0 Å². The van der Waals surface area contributed by atoms with Crippen LogP contribution in [0.25, 0.3) is 6.08 Å². The van der Waals surface area contributed by atoms with Crippen LogP contribution in [-0.2, 0) is 0 Å². The first-order valence-corrected chi connectivity index (χ1v) is 5.72. The summed E-state index contributed by atoms with van der Waals surface area (Å²) in [6, 6.07) is 7.21. The average molecular weight is 272 g/mol. The van der Waals surface area contributed by atoms with Gasteiger partial charge in [0.15, 0.2) is 0 Å². The largest absolute Gasteiger partial charge is 0.508 e. The van der Waals surface area contributed by atoms with Gasteiger partial charge in [0, 0.05) is 12.3 Å². The summed E-state index contributed by atoms with van der Waals surface area (Å²) in [5, 5.41) is 22.3. The second-order valence-corrected chi connectivity index (χ2v) is 3.80. The molecule has 0 saturated heterocycles. The van der Waals surface area contributed by atoms with Gasteiger partial charge in [0.25, 0.3) is 5.91 Å². The molecule has 1 heterocycles. The molecule has 102 valence electrons. The molecule has 0 aliphatic carbocycles. The summed E-state index contributed by atoms with van der Waals surface area (Å²) in [4.78, 5) is 11.7. The van der Waals surface area contributed by atoms with Gasteiger partial charge < -0.3 is 14.6 Å². The number of carbonyl (C=O) groups is 1. The van der Waals surface area contributed by atoms with E-state index in [1.54, 1.807) is 30.5 Å². The molecule has 1 aromatic heterocycles. The molecule has 2 aromatic rings. The first-order valence-electron chi connectivity index (χ1n) is 5.72. The maximum absolute atomic E-state index is 11.7. The lowest BCUT2D eigenvalue weighted by molar-refractivity contribution is 0.0952. The summed E-state index contributed by atoms with van der Waals surface area (Å²) in [6.45, 7) is 0. The van der Waals surface area contributed by atoms with Gasteiger partial charge in [-0.05, 0) is 36.4 Å². The molecule has 1 amide bonds. The molecular formula is C14H12N2O4. The highest BCUT2D eigenvalue weighted by Crippen LogP contribution is 2.22. The number of nitrogens with one attached hydrogen (secondary N) is 1. The number of allylic oxidation sites excluding steroid dienone is 1. The lowest BCUT2D eigenvalue weighted by Crippen LogP contribution is -2.17. The highest BCUT2D eigenvalue weighted by molar-refractivity contribution is 5.97. The Balaban J connectivity index is 1.92. The predicted octanol–water partition coefficient (Wildman–Crippen LogP) is 2.12. The number of nitrogens with zero attached hydrogens (tertiary/aromatic N) is 1. The number of rotatable bonds is 4. The van der Waals surface area contributed by atoms with E-state index >= 15 is 0 Å². The zero-order valence-corrected chi connectivity index (χ0v) is 10.4. The van der Waals surface area contributed by atoms with Crippen LogP contribution in [0, 0.1) is 0 Å². The number of hydrogen-bond donors (Lipinski definition) is 3. The minimum Gasteiger partial charge on any atom is -0.508 e. The number of phenolic OH excluding ortho intramolecular Hbond substituents is 2. The number of aromatic hydroxyl groups is 2. The minimum absolute atomic E-state index is 0.0231. The maximum atomic E-state index is 11.7. The topological polar surface area (TPSA) is 95.1 Å². The first kappa shape index (κ1) is 13.4. The maximum Gasteiger partial charge on any atom is 0.275 e. The van der Waals surface area contributed by atoms with Crippen molar-refractivity contribution in [2.75, 3.05) is 0 Å². The van der Waals surface area contributed by atoms with E-state index in [9.17, 15) is 9.90 Å². The number of phenols is 2. The van der Waals surface area contributed by atoms with Crippen LogP contribution < -0.4 is 5.43 Å². The zero-order chi connectivity index (χ0) is 14.4. The first-order chi connectivity index (χ1) is 9.66. The van der Waals surface area contributed by atoms with Crippen LogP contribution in [-0.4, -0.2) is 22.3 Å². The average Bonchev–Trinajstić information content (AvgIpc) is 2.91. The van der Waals surface area contributed by atoms with Crippen molar-refractivity contribution in [2.45, 2.75) is 0 Å². The van der Waals surface area contributed by atoms with Gasteiger partial charge in [-0.1, -0.05) is 0 Å². The van der Waals surface area contributed by atoms with Crippen LogP contribution in [0.5, 0.6) is 11.5 Å². The summed E-state index contributed by atoms with van der Waals surface area (Å²) in [5.41, 5.74) is 2.27. The molecule has 0 aliphatic rings. The fraction of sp³-hybridized carbons (Fsp3) is 0. The summed E-state index contributed by atoms with van der Waals surface area (Å²) in [7, 11) is 0. The summed E-state index contributed by atoms with van der Waals surface area (Å²) >= 11 is 0. The van der Waals surface area contributed by atoms with Gasteiger partial charge in [-0.3, -0.25) is 4.79 Å². The molecule has 20 heavy (non-hydrogen) atoms.